The summed E-state index contributed by atoms with van der Waals surface area (Å²) in [7, 11) is 2.17. The van der Waals surface area contributed by atoms with Gasteiger partial charge < -0.3 is 9.47 Å². The van der Waals surface area contributed by atoms with Gasteiger partial charge >= 0.3 is 6.01 Å². The number of aromatic nitrogens is 2. The van der Waals surface area contributed by atoms with Crippen LogP contribution in [0, 0.1) is 5.92 Å². The summed E-state index contributed by atoms with van der Waals surface area (Å²) >= 11 is 0. The number of methoxy groups -OCH3 is 2. The van der Waals surface area contributed by atoms with E-state index in [9.17, 15) is 9.00 Å². The largest absolute Gasteiger partial charge is 0.480 e. The topological polar surface area (TPSA) is 78.4 Å². The standard InChI is InChI=1S/C15H20N2O4S/c1-20-14-12(8-16-15(17-14)21-2)13(18)9-6-10-4-3-5-11(7-9)22(10)19/h8-11H,3-7H2,1-2H3. The van der Waals surface area contributed by atoms with Crippen LogP contribution >= 0.6 is 0 Å². The van der Waals surface area contributed by atoms with Crippen molar-refractivity contribution >= 4 is 16.6 Å². The third kappa shape index (κ3) is 2.74. The molecule has 2 fully saturated rings. The van der Waals surface area contributed by atoms with Crippen LogP contribution in [0.2, 0.25) is 0 Å². The van der Waals surface area contributed by atoms with Gasteiger partial charge in [0.1, 0.15) is 0 Å². The van der Waals surface area contributed by atoms with Crippen molar-refractivity contribution in [3.05, 3.63) is 11.8 Å². The van der Waals surface area contributed by atoms with Crippen LogP contribution in [-0.4, -0.2) is 44.7 Å². The SMILES string of the molecule is COc1ncc(C(=O)C2CC3CCCC(C2)S3=O)c(OC)n1. The molecular weight excluding hydrogens is 304 g/mol. The van der Waals surface area contributed by atoms with Gasteiger partial charge in [0.25, 0.3) is 0 Å². The average molecular weight is 324 g/mol. The highest BCUT2D eigenvalue weighted by Gasteiger charge is 2.41. The molecule has 0 saturated carbocycles. The molecular formula is C15H20N2O4S. The van der Waals surface area contributed by atoms with Crippen molar-refractivity contribution in [3.63, 3.8) is 0 Å². The van der Waals surface area contributed by atoms with E-state index in [2.05, 4.69) is 9.97 Å². The molecule has 0 spiro atoms. The molecule has 120 valence electrons. The van der Waals surface area contributed by atoms with Gasteiger partial charge in [-0.1, -0.05) is 6.42 Å². The Balaban J connectivity index is 1.84. The lowest BCUT2D eigenvalue weighted by molar-refractivity contribution is 0.0890. The number of Topliss-reactive ketones (excluding diaryl/α,β-unsaturated/α-hetero) is 1. The van der Waals surface area contributed by atoms with Crippen LogP contribution in [0.4, 0.5) is 0 Å². The summed E-state index contributed by atoms with van der Waals surface area (Å²) < 4.78 is 22.4. The molecule has 2 unspecified atom stereocenters. The van der Waals surface area contributed by atoms with Crippen molar-refractivity contribution < 1.29 is 18.5 Å². The normalized spacial score (nSPS) is 30.6. The molecule has 3 rings (SSSR count). The van der Waals surface area contributed by atoms with E-state index in [4.69, 9.17) is 9.47 Å². The lowest BCUT2D eigenvalue weighted by atomic mass is 9.85. The van der Waals surface area contributed by atoms with E-state index < -0.39 is 10.8 Å². The Hall–Kier alpha value is -1.50. The Kier molecular flexibility index (Phi) is 4.42. The molecule has 2 atom stereocenters. The minimum Gasteiger partial charge on any atom is -0.480 e. The van der Waals surface area contributed by atoms with E-state index in [1.807, 2.05) is 0 Å². The Morgan fingerprint density at radius 3 is 2.50 bits per heavy atom. The summed E-state index contributed by atoms with van der Waals surface area (Å²) in [6.45, 7) is 0. The zero-order valence-electron chi connectivity index (χ0n) is 12.8. The number of hydrogen-bond donors (Lipinski definition) is 0. The molecule has 0 N–H and O–H groups in total. The van der Waals surface area contributed by atoms with Crippen LogP contribution in [0.25, 0.3) is 0 Å². The van der Waals surface area contributed by atoms with E-state index in [0.29, 0.717) is 18.4 Å². The predicted molar refractivity (Wildman–Crippen MR) is 81.8 cm³/mol. The maximum absolute atomic E-state index is 12.8. The number of fused-ring (bicyclic) bond motifs is 2. The number of nitrogens with zero attached hydrogens (tertiary/aromatic N) is 2. The smallest absolute Gasteiger partial charge is 0.319 e. The maximum atomic E-state index is 12.8. The van der Waals surface area contributed by atoms with Crippen molar-refractivity contribution in [3.8, 4) is 11.9 Å². The van der Waals surface area contributed by atoms with Gasteiger partial charge in [0.2, 0.25) is 5.88 Å². The second-order valence-corrected chi connectivity index (χ2v) is 7.81. The first kappa shape index (κ1) is 15.4. The number of carbonyl (C=O) groups is 1. The summed E-state index contributed by atoms with van der Waals surface area (Å²) in [5, 5.41) is 0.318. The van der Waals surface area contributed by atoms with Gasteiger partial charge in [0.05, 0.1) is 19.8 Å². The van der Waals surface area contributed by atoms with Crippen LogP contribution in [0.1, 0.15) is 42.5 Å². The summed E-state index contributed by atoms with van der Waals surface area (Å²) in [4.78, 5) is 20.9. The molecule has 22 heavy (non-hydrogen) atoms. The Morgan fingerprint density at radius 1 is 1.23 bits per heavy atom. The van der Waals surface area contributed by atoms with Gasteiger partial charge in [-0.25, -0.2) is 4.98 Å². The number of rotatable bonds is 4. The van der Waals surface area contributed by atoms with Gasteiger partial charge in [0, 0.05) is 33.4 Å². The predicted octanol–water partition coefficient (Wildman–Crippen LogP) is 1.76. The second-order valence-electron chi connectivity index (χ2n) is 5.82. The average Bonchev–Trinajstić information content (AvgIpc) is 2.53. The molecule has 1 aromatic rings. The van der Waals surface area contributed by atoms with Crippen LogP contribution in [-0.2, 0) is 10.8 Å². The lowest BCUT2D eigenvalue weighted by Crippen LogP contribution is -2.41. The highest BCUT2D eigenvalue weighted by Crippen LogP contribution is 2.39. The van der Waals surface area contributed by atoms with Gasteiger partial charge in [-0.15, -0.1) is 0 Å². The van der Waals surface area contributed by atoms with E-state index in [1.54, 1.807) is 0 Å². The third-order valence-corrected chi connectivity index (χ3v) is 6.72. The van der Waals surface area contributed by atoms with E-state index >= 15 is 0 Å². The van der Waals surface area contributed by atoms with Gasteiger partial charge in [-0.3, -0.25) is 9.00 Å². The lowest BCUT2D eigenvalue weighted by Gasteiger charge is -2.37. The number of carbonyl (C=O) groups excluding carboxylic acids is 1. The highest BCUT2D eigenvalue weighted by atomic mass is 32.2. The minimum absolute atomic E-state index is 0.00639. The second kappa shape index (κ2) is 6.32. The Labute approximate surface area is 132 Å². The van der Waals surface area contributed by atoms with Crippen molar-refractivity contribution in [2.45, 2.75) is 42.6 Å². The maximum Gasteiger partial charge on any atom is 0.319 e. The number of ketones is 1. The monoisotopic (exact) mass is 324 g/mol. The molecule has 3 heterocycles. The summed E-state index contributed by atoms with van der Waals surface area (Å²) in [5.41, 5.74) is 0.388. The Bertz CT molecular complexity index is 591. The number of hydrogen-bond acceptors (Lipinski definition) is 6. The van der Waals surface area contributed by atoms with Crippen molar-refractivity contribution in [1.29, 1.82) is 0 Å². The first-order valence-corrected chi connectivity index (χ1v) is 8.80. The molecule has 6 nitrogen and oxygen atoms in total. The first-order chi connectivity index (χ1) is 10.6. The zero-order valence-corrected chi connectivity index (χ0v) is 13.6. The molecule has 0 aliphatic carbocycles. The van der Waals surface area contributed by atoms with E-state index in [-0.39, 0.29) is 34.1 Å². The third-order valence-electron chi connectivity index (χ3n) is 4.55. The zero-order chi connectivity index (χ0) is 15.7. The van der Waals surface area contributed by atoms with Gasteiger partial charge in [-0.2, -0.15) is 4.98 Å². The minimum atomic E-state index is -0.777. The molecule has 2 aliphatic rings. The summed E-state index contributed by atoms with van der Waals surface area (Å²) in [5.74, 6) is 0.126. The van der Waals surface area contributed by atoms with Crippen LogP contribution in [0.15, 0.2) is 6.20 Å². The van der Waals surface area contributed by atoms with Crippen LogP contribution in [0.3, 0.4) is 0 Å². The van der Waals surface area contributed by atoms with Crippen LogP contribution < -0.4 is 9.47 Å². The quantitative estimate of drug-likeness (QED) is 0.785. The van der Waals surface area contributed by atoms with Gasteiger partial charge in [0.15, 0.2) is 5.78 Å². The molecule has 2 aliphatic heterocycles. The fourth-order valence-electron chi connectivity index (χ4n) is 3.44. The molecule has 1 aromatic heterocycles. The molecule has 2 saturated heterocycles. The summed E-state index contributed by atoms with van der Waals surface area (Å²) in [6, 6.07) is 0.176. The fraction of sp³-hybridized carbons (Fsp3) is 0.667. The Morgan fingerprint density at radius 2 is 1.91 bits per heavy atom. The highest BCUT2D eigenvalue weighted by molar-refractivity contribution is 7.86. The molecule has 2 bridgehead atoms. The van der Waals surface area contributed by atoms with Crippen molar-refractivity contribution in [1.82, 2.24) is 9.97 Å². The fourth-order valence-corrected chi connectivity index (χ4v) is 5.63. The van der Waals surface area contributed by atoms with Crippen molar-refractivity contribution in [2.75, 3.05) is 14.2 Å². The first-order valence-electron chi connectivity index (χ1n) is 7.52. The van der Waals surface area contributed by atoms with Gasteiger partial charge in [-0.05, 0) is 25.7 Å². The summed E-state index contributed by atoms with van der Waals surface area (Å²) in [6.07, 6.45) is 5.89. The number of ether oxygens (including phenoxy) is 2. The molecule has 7 heteroatoms. The molecule has 0 aromatic carbocycles. The van der Waals surface area contributed by atoms with Crippen molar-refractivity contribution in [2.24, 2.45) is 5.92 Å². The van der Waals surface area contributed by atoms with E-state index in [1.165, 1.54) is 20.4 Å². The van der Waals surface area contributed by atoms with Crippen LogP contribution in [0.5, 0.6) is 11.9 Å². The molecule has 0 radical (unpaired) electrons. The van der Waals surface area contributed by atoms with E-state index in [0.717, 1.165) is 19.3 Å². The molecule has 0 amide bonds.